The Morgan fingerprint density at radius 2 is 1.73 bits per heavy atom. The van der Waals surface area contributed by atoms with Crippen LogP contribution in [0.25, 0.3) is 11.1 Å². The molecule has 154 valence electrons. The van der Waals surface area contributed by atoms with Crippen molar-refractivity contribution < 1.29 is 9.59 Å². The van der Waals surface area contributed by atoms with E-state index in [1.54, 1.807) is 18.1 Å². The lowest BCUT2D eigenvalue weighted by molar-refractivity contribution is -0.118. The Morgan fingerprint density at radius 1 is 1.00 bits per heavy atom. The van der Waals surface area contributed by atoms with Gasteiger partial charge < -0.3 is 4.90 Å². The van der Waals surface area contributed by atoms with Gasteiger partial charge in [0.05, 0.1) is 0 Å². The molecule has 1 amide bonds. The summed E-state index contributed by atoms with van der Waals surface area (Å²) in [5, 5.41) is 0. The van der Waals surface area contributed by atoms with Crippen molar-refractivity contribution in [1.82, 2.24) is 4.98 Å². The van der Waals surface area contributed by atoms with E-state index >= 15 is 0 Å². The van der Waals surface area contributed by atoms with Crippen molar-refractivity contribution in [2.75, 3.05) is 11.9 Å². The monoisotopic (exact) mass is 400 g/mol. The van der Waals surface area contributed by atoms with Crippen molar-refractivity contribution in [3.05, 3.63) is 83.2 Å². The number of benzene rings is 2. The number of aromatic nitrogens is 1. The molecular weight excluding hydrogens is 372 g/mol. The minimum atomic E-state index is 0.0893. The number of hydrogen-bond acceptors (Lipinski definition) is 3. The Balaban J connectivity index is 1.71. The molecule has 0 aliphatic carbocycles. The predicted octanol–water partition coefficient (Wildman–Crippen LogP) is 5.55. The molecule has 2 aromatic carbocycles. The zero-order valence-electron chi connectivity index (χ0n) is 18.1. The van der Waals surface area contributed by atoms with Gasteiger partial charge in [-0.1, -0.05) is 43.3 Å². The highest BCUT2D eigenvalue weighted by atomic mass is 16.2. The summed E-state index contributed by atoms with van der Waals surface area (Å²) in [7, 11) is 1.80. The number of pyridine rings is 1. The van der Waals surface area contributed by atoms with E-state index in [9.17, 15) is 9.59 Å². The summed E-state index contributed by atoms with van der Waals surface area (Å²) in [6.45, 7) is 5.87. The number of nitrogens with zero attached hydrogens (tertiary/aromatic N) is 2. The second-order valence-electron chi connectivity index (χ2n) is 7.55. The molecule has 1 aromatic heterocycles. The number of carbonyl (C=O) groups is 2. The molecule has 0 bridgehead atoms. The average Bonchev–Trinajstić information content (AvgIpc) is 2.77. The fourth-order valence-electron chi connectivity index (χ4n) is 3.57. The summed E-state index contributed by atoms with van der Waals surface area (Å²) >= 11 is 0. The largest absolute Gasteiger partial charge is 0.316 e. The zero-order valence-corrected chi connectivity index (χ0v) is 18.1. The molecular formula is C26H28N2O2. The first-order valence-corrected chi connectivity index (χ1v) is 10.3. The van der Waals surface area contributed by atoms with Gasteiger partial charge in [-0.3, -0.25) is 14.6 Å². The molecule has 0 atom stereocenters. The van der Waals surface area contributed by atoms with Gasteiger partial charge in [-0.25, -0.2) is 0 Å². The van der Waals surface area contributed by atoms with Gasteiger partial charge in [0.15, 0.2) is 5.78 Å². The number of Topliss-reactive ketones (excluding diaryl/α,β-unsaturated/α-hetero) is 1. The van der Waals surface area contributed by atoms with Crippen LogP contribution in [0.15, 0.2) is 60.8 Å². The molecule has 1 heterocycles. The Morgan fingerprint density at radius 3 is 2.37 bits per heavy atom. The van der Waals surface area contributed by atoms with E-state index in [0.29, 0.717) is 19.3 Å². The molecule has 0 N–H and O–H groups in total. The van der Waals surface area contributed by atoms with E-state index < -0.39 is 0 Å². The maximum atomic E-state index is 12.6. The van der Waals surface area contributed by atoms with Gasteiger partial charge in [0.2, 0.25) is 5.91 Å². The maximum absolute atomic E-state index is 12.6. The predicted molar refractivity (Wildman–Crippen MR) is 122 cm³/mol. The number of aryl methyl sites for hydroxylation is 3. The molecule has 0 radical (unpaired) electrons. The molecule has 0 fully saturated rings. The molecule has 0 saturated heterocycles. The minimum absolute atomic E-state index is 0.0893. The van der Waals surface area contributed by atoms with Crippen LogP contribution in [-0.2, 0) is 11.2 Å². The van der Waals surface area contributed by atoms with Crippen LogP contribution in [0.4, 0.5) is 5.69 Å². The van der Waals surface area contributed by atoms with Gasteiger partial charge in [-0.2, -0.15) is 0 Å². The van der Waals surface area contributed by atoms with Crippen molar-refractivity contribution in [3.63, 3.8) is 0 Å². The SMILES string of the molecule is CCC(=O)N(C)c1ccc(-c2ccc(C(=O)CCc3cccnc3C)cc2)c(C)c1. The summed E-state index contributed by atoms with van der Waals surface area (Å²) in [4.78, 5) is 30.5. The second kappa shape index (κ2) is 9.49. The van der Waals surface area contributed by atoms with E-state index in [4.69, 9.17) is 0 Å². The van der Waals surface area contributed by atoms with Gasteiger partial charge in [-0.05, 0) is 60.7 Å². The minimum Gasteiger partial charge on any atom is -0.316 e. The van der Waals surface area contributed by atoms with Crippen LogP contribution in [0.1, 0.15) is 46.9 Å². The summed E-state index contributed by atoms with van der Waals surface area (Å²) < 4.78 is 0. The number of carbonyl (C=O) groups excluding carboxylic acids is 2. The number of hydrogen-bond donors (Lipinski definition) is 0. The normalized spacial score (nSPS) is 10.7. The van der Waals surface area contributed by atoms with Gasteiger partial charge in [0, 0.05) is 43.0 Å². The Hall–Kier alpha value is -3.27. The quantitative estimate of drug-likeness (QED) is 0.488. The third-order valence-electron chi connectivity index (χ3n) is 5.53. The van der Waals surface area contributed by atoms with E-state index in [1.807, 2.05) is 75.4 Å². The number of amides is 1. The maximum Gasteiger partial charge on any atom is 0.226 e. The Labute approximate surface area is 178 Å². The van der Waals surface area contributed by atoms with E-state index in [0.717, 1.165) is 39.2 Å². The van der Waals surface area contributed by atoms with Gasteiger partial charge >= 0.3 is 0 Å². The van der Waals surface area contributed by atoms with Crippen molar-refractivity contribution in [1.29, 1.82) is 0 Å². The lowest BCUT2D eigenvalue weighted by Gasteiger charge is -2.18. The van der Waals surface area contributed by atoms with Crippen molar-refractivity contribution >= 4 is 17.4 Å². The zero-order chi connectivity index (χ0) is 21.7. The first-order valence-electron chi connectivity index (χ1n) is 10.3. The third-order valence-corrected chi connectivity index (χ3v) is 5.53. The van der Waals surface area contributed by atoms with E-state index in [2.05, 4.69) is 4.98 Å². The lowest BCUT2D eigenvalue weighted by Crippen LogP contribution is -2.25. The second-order valence-corrected chi connectivity index (χ2v) is 7.55. The van der Waals surface area contributed by atoms with Crippen molar-refractivity contribution in [2.24, 2.45) is 0 Å². The number of ketones is 1. The van der Waals surface area contributed by atoms with Crippen molar-refractivity contribution in [2.45, 2.75) is 40.0 Å². The van der Waals surface area contributed by atoms with Crippen LogP contribution < -0.4 is 4.90 Å². The molecule has 0 saturated carbocycles. The smallest absolute Gasteiger partial charge is 0.226 e. The molecule has 3 aromatic rings. The fraction of sp³-hybridized carbons (Fsp3) is 0.269. The molecule has 0 spiro atoms. The Kier molecular flexibility index (Phi) is 6.78. The van der Waals surface area contributed by atoms with E-state index in [1.165, 1.54) is 0 Å². The molecule has 30 heavy (non-hydrogen) atoms. The van der Waals surface area contributed by atoms with Gasteiger partial charge in [-0.15, -0.1) is 0 Å². The first-order chi connectivity index (χ1) is 14.4. The Bertz CT molecular complexity index is 1050. The van der Waals surface area contributed by atoms with Crippen LogP contribution in [0.3, 0.4) is 0 Å². The van der Waals surface area contributed by atoms with Crippen LogP contribution in [0.5, 0.6) is 0 Å². The molecule has 4 heteroatoms. The average molecular weight is 401 g/mol. The summed E-state index contributed by atoms with van der Waals surface area (Å²) in [6, 6.07) is 17.7. The third kappa shape index (κ3) is 4.82. The molecule has 0 aliphatic heterocycles. The highest BCUT2D eigenvalue weighted by Gasteiger charge is 2.12. The molecule has 3 rings (SSSR count). The van der Waals surface area contributed by atoms with Crippen LogP contribution >= 0.6 is 0 Å². The molecule has 0 unspecified atom stereocenters. The molecule has 0 aliphatic rings. The van der Waals surface area contributed by atoms with Gasteiger partial charge in [0.25, 0.3) is 0 Å². The van der Waals surface area contributed by atoms with Crippen LogP contribution in [-0.4, -0.2) is 23.7 Å². The standard InChI is InChI=1S/C26H28N2O2/c1-5-26(30)28(4)23-13-14-24(18(2)17-23)21-8-10-22(11-9-21)25(29)15-12-20-7-6-16-27-19(20)3/h6-11,13-14,16-17H,5,12,15H2,1-4H3. The highest BCUT2D eigenvalue weighted by Crippen LogP contribution is 2.28. The summed E-state index contributed by atoms with van der Waals surface area (Å²) in [5.74, 6) is 0.225. The van der Waals surface area contributed by atoms with Crippen molar-refractivity contribution in [3.8, 4) is 11.1 Å². The first kappa shape index (κ1) is 21.4. The topological polar surface area (TPSA) is 50.3 Å². The van der Waals surface area contributed by atoms with Crippen LogP contribution in [0.2, 0.25) is 0 Å². The highest BCUT2D eigenvalue weighted by molar-refractivity contribution is 5.97. The van der Waals surface area contributed by atoms with Gasteiger partial charge in [0.1, 0.15) is 0 Å². The lowest BCUT2D eigenvalue weighted by atomic mass is 9.96. The number of rotatable bonds is 7. The summed E-state index contributed by atoms with van der Waals surface area (Å²) in [5.41, 5.74) is 6.96. The number of anilines is 1. The molecule has 4 nitrogen and oxygen atoms in total. The van der Waals surface area contributed by atoms with Crippen LogP contribution in [0, 0.1) is 13.8 Å². The fourth-order valence-corrected chi connectivity index (χ4v) is 3.57. The summed E-state index contributed by atoms with van der Waals surface area (Å²) in [6.07, 6.45) is 3.42. The van der Waals surface area contributed by atoms with E-state index in [-0.39, 0.29) is 11.7 Å².